The van der Waals surface area contributed by atoms with Crippen molar-refractivity contribution in [1.82, 2.24) is 5.32 Å². The highest BCUT2D eigenvalue weighted by Crippen LogP contribution is 2.38. The second-order valence-electron chi connectivity index (χ2n) is 6.16. The van der Waals surface area contributed by atoms with E-state index >= 15 is 0 Å². The molecule has 0 spiro atoms. The van der Waals surface area contributed by atoms with Crippen molar-refractivity contribution in [3.63, 3.8) is 0 Å². The maximum absolute atomic E-state index is 12.4. The van der Waals surface area contributed by atoms with Gasteiger partial charge >= 0.3 is 0 Å². The zero-order valence-electron chi connectivity index (χ0n) is 16.0. The van der Waals surface area contributed by atoms with Gasteiger partial charge in [0.1, 0.15) is 6.07 Å². The standard InChI is InChI=1S/C21H20ClN3O3S/c1-3-13-4-6-15(7-5-13)24-21-25-20(26)18(29-21)12-14-10-16(22)19(28-9-8-23)17(11-14)27-2/h4-7,10-12,21,24H,3,9H2,1-2H3,(H,25,26)/b18-12-/t21-/m0/s1. The number of nitrogens with one attached hydrogen (secondary N) is 2. The number of amides is 1. The van der Waals surface area contributed by atoms with Crippen LogP contribution in [-0.2, 0) is 11.2 Å². The monoisotopic (exact) mass is 429 g/mol. The molecule has 29 heavy (non-hydrogen) atoms. The summed E-state index contributed by atoms with van der Waals surface area (Å²) in [6, 6.07) is 13.4. The molecular weight excluding hydrogens is 410 g/mol. The number of nitrogens with zero attached hydrogens (tertiary/aromatic N) is 1. The van der Waals surface area contributed by atoms with Crippen molar-refractivity contribution in [2.24, 2.45) is 0 Å². The van der Waals surface area contributed by atoms with Gasteiger partial charge in [0.15, 0.2) is 23.6 Å². The van der Waals surface area contributed by atoms with E-state index in [-0.39, 0.29) is 18.0 Å². The van der Waals surface area contributed by atoms with Crippen LogP contribution in [0.5, 0.6) is 11.5 Å². The number of aryl methyl sites for hydroxylation is 1. The van der Waals surface area contributed by atoms with Crippen LogP contribution in [0.2, 0.25) is 5.02 Å². The molecule has 1 saturated heterocycles. The van der Waals surface area contributed by atoms with E-state index in [0.717, 1.165) is 12.1 Å². The Morgan fingerprint density at radius 2 is 2.10 bits per heavy atom. The van der Waals surface area contributed by atoms with Gasteiger partial charge in [-0.1, -0.05) is 42.4 Å². The van der Waals surface area contributed by atoms with Crippen molar-refractivity contribution in [2.45, 2.75) is 18.8 Å². The molecule has 0 bridgehead atoms. The Balaban J connectivity index is 1.75. The molecule has 8 heteroatoms. The minimum Gasteiger partial charge on any atom is -0.493 e. The van der Waals surface area contributed by atoms with Crippen molar-refractivity contribution in [3.8, 4) is 17.6 Å². The molecule has 1 fully saturated rings. The first-order valence-corrected chi connectivity index (χ1v) is 10.2. The van der Waals surface area contributed by atoms with Gasteiger partial charge in [-0.2, -0.15) is 5.26 Å². The van der Waals surface area contributed by atoms with Gasteiger partial charge in [-0.15, -0.1) is 0 Å². The van der Waals surface area contributed by atoms with Crippen molar-refractivity contribution >= 4 is 41.0 Å². The van der Waals surface area contributed by atoms with E-state index in [1.165, 1.54) is 24.4 Å². The lowest BCUT2D eigenvalue weighted by molar-refractivity contribution is -0.116. The normalized spacial score (nSPS) is 17.0. The van der Waals surface area contributed by atoms with E-state index in [2.05, 4.69) is 29.7 Å². The largest absolute Gasteiger partial charge is 0.493 e. The van der Waals surface area contributed by atoms with Crippen LogP contribution in [0.3, 0.4) is 0 Å². The predicted octanol–water partition coefficient (Wildman–Crippen LogP) is 4.41. The van der Waals surface area contributed by atoms with Crippen LogP contribution >= 0.6 is 23.4 Å². The summed E-state index contributed by atoms with van der Waals surface area (Å²) in [4.78, 5) is 12.9. The molecule has 0 aromatic heterocycles. The van der Waals surface area contributed by atoms with Gasteiger partial charge in [0.05, 0.1) is 17.0 Å². The van der Waals surface area contributed by atoms with Crippen LogP contribution in [0.25, 0.3) is 6.08 Å². The third kappa shape index (κ3) is 5.17. The first kappa shape index (κ1) is 20.9. The van der Waals surface area contributed by atoms with E-state index in [4.69, 9.17) is 26.3 Å². The van der Waals surface area contributed by atoms with Gasteiger partial charge in [0.2, 0.25) is 0 Å². The van der Waals surface area contributed by atoms with Crippen molar-refractivity contribution in [2.75, 3.05) is 19.0 Å². The van der Waals surface area contributed by atoms with E-state index in [0.29, 0.717) is 27.0 Å². The number of anilines is 1. The average Bonchev–Trinajstić information content (AvgIpc) is 3.06. The Morgan fingerprint density at radius 1 is 1.34 bits per heavy atom. The Bertz CT molecular complexity index is 970. The topological polar surface area (TPSA) is 83.4 Å². The Kier molecular flexibility index (Phi) is 6.91. The van der Waals surface area contributed by atoms with E-state index in [9.17, 15) is 4.79 Å². The second-order valence-corrected chi connectivity index (χ2v) is 7.71. The molecule has 2 aromatic rings. The first-order chi connectivity index (χ1) is 14.0. The quantitative estimate of drug-likeness (QED) is 0.634. The lowest BCUT2D eigenvalue weighted by Gasteiger charge is -2.13. The Labute approximate surface area is 178 Å². The number of halogens is 1. The number of benzene rings is 2. The smallest absolute Gasteiger partial charge is 0.260 e. The molecule has 3 rings (SSSR count). The van der Waals surface area contributed by atoms with Crippen molar-refractivity contribution < 1.29 is 14.3 Å². The molecule has 1 aliphatic heterocycles. The molecule has 2 aromatic carbocycles. The lowest BCUT2D eigenvalue weighted by Crippen LogP contribution is -2.30. The molecule has 1 aliphatic rings. The molecule has 0 radical (unpaired) electrons. The number of nitriles is 1. The Hall–Kier alpha value is -2.82. The van der Waals surface area contributed by atoms with Gasteiger partial charge in [-0.3, -0.25) is 4.79 Å². The van der Waals surface area contributed by atoms with Crippen LogP contribution in [0.1, 0.15) is 18.1 Å². The van der Waals surface area contributed by atoms with Gasteiger partial charge < -0.3 is 20.1 Å². The molecule has 1 amide bonds. The molecule has 1 atom stereocenters. The average molecular weight is 430 g/mol. The number of ether oxygens (including phenoxy) is 2. The highest BCUT2D eigenvalue weighted by molar-refractivity contribution is 8.05. The molecule has 2 N–H and O–H groups in total. The van der Waals surface area contributed by atoms with Gasteiger partial charge in [-0.05, 0) is 47.9 Å². The molecule has 1 heterocycles. The summed E-state index contributed by atoms with van der Waals surface area (Å²) < 4.78 is 10.6. The fraction of sp³-hybridized carbons (Fsp3) is 0.238. The maximum Gasteiger partial charge on any atom is 0.260 e. The first-order valence-electron chi connectivity index (χ1n) is 8.96. The van der Waals surface area contributed by atoms with Crippen LogP contribution in [-0.4, -0.2) is 25.1 Å². The summed E-state index contributed by atoms with van der Waals surface area (Å²) in [6.45, 7) is 1.97. The van der Waals surface area contributed by atoms with Crippen LogP contribution in [0.15, 0.2) is 41.3 Å². The lowest BCUT2D eigenvalue weighted by atomic mass is 10.1. The summed E-state index contributed by atoms with van der Waals surface area (Å²) in [6.07, 6.45) is 2.72. The summed E-state index contributed by atoms with van der Waals surface area (Å²) >= 11 is 7.66. The summed E-state index contributed by atoms with van der Waals surface area (Å²) in [5.74, 6) is 0.530. The predicted molar refractivity (Wildman–Crippen MR) is 116 cm³/mol. The number of carbonyl (C=O) groups excluding carboxylic acids is 1. The fourth-order valence-corrected chi connectivity index (χ4v) is 4.03. The number of methoxy groups -OCH3 is 1. The highest BCUT2D eigenvalue weighted by Gasteiger charge is 2.27. The number of hydrogen-bond donors (Lipinski definition) is 2. The van der Waals surface area contributed by atoms with Crippen LogP contribution in [0.4, 0.5) is 5.69 Å². The third-order valence-electron chi connectivity index (χ3n) is 4.22. The van der Waals surface area contributed by atoms with E-state index < -0.39 is 0 Å². The zero-order valence-corrected chi connectivity index (χ0v) is 17.6. The van der Waals surface area contributed by atoms with Crippen molar-refractivity contribution in [3.05, 3.63) is 57.5 Å². The highest BCUT2D eigenvalue weighted by atomic mass is 35.5. The number of rotatable bonds is 7. The number of carbonyl (C=O) groups is 1. The summed E-state index contributed by atoms with van der Waals surface area (Å²) in [5.41, 5.74) is 2.62. The molecule has 0 unspecified atom stereocenters. The van der Waals surface area contributed by atoms with Crippen LogP contribution < -0.4 is 20.1 Å². The molecule has 0 saturated carbocycles. The third-order valence-corrected chi connectivity index (χ3v) is 5.53. The van der Waals surface area contributed by atoms with Crippen molar-refractivity contribution in [1.29, 1.82) is 5.26 Å². The summed E-state index contributed by atoms with van der Waals surface area (Å²) in [7, 11) is 1.49. The summed E-state index contributed by atoms with van der Waals surface area (Å²) in [5, 5.41) is 15.2. The Morgan fingerprint density at radius 3 is 2.76 bits per heavy atom. The van der Waals surface area contributed by atoms with E-state index in [1.807, 2.05) is 18.2 Å². The van der Waals surface area contributed by atoms with Gasteiger partial charge in [0, 0.05) is 5.69 Å². The SMILES string of the molecule is CCc1ccc(N[C@H]2NC(=O)/C(=C/c3cc(Cl)c(OCC#N)c(OC)c3)S2)cc1. The van der Waals surface area contributed by atoms with Gasteiger partial charge in [0.25, 0.3) is 5.91 Å². The van der Waals surface area contributed by atoms with E-state index in [1.54, 1.807) is 18.2 Å². The number of hydrogen-bond acceptors (Lipinski definition) is 6. The van der Waals surface area contributed by atoms with Gasteiger partial charge in [-0.25, -0.2) is 0 Å². The van der Waals surface area contributed by atoms with Crippen LogP contribution in [0, 0.1) is 11.3 Å². The minimum absolute atomic E-state index is 0.138. The maximum atomic E-state index is 12.4. The zero-order chi connectivity index (χ0) is 20.8. The molecular formula is C21H20ClN3O3S. The minimum atomic E-state index is -0.267. The number of thioether (sulfide) groups is 1. The molecule has 0 aliphatic carbocycles. The fourth-order valence-electron chi connectivity index (χ4n) is 2.77. The molecule has 6 nitrogen and oxygen atoms in total. The molecule has 150 valence electrons. The second kappa shape index (κ2) is 9.59.